The van der Waals surface area contributed by atoms with Gasteiger partial charge in [-0.15, -0.1) is 0 Å². The van der Waals surface area contributed by atoms with Crippen molar-refractivity contribution in [3.8, 4) is 34.1 Å². The highest BCUT2D eigenvalue weighted by Gasteiger charge is 2.16. The topological polar surface area (TPSA) is 58.9 Å². The molecule has 20 heavy (non-hydrogen) atoms. The van der Waals surface area contributed by atoms with Gasteiger partial charge in [-0.3, -0.25) is 0 Å². The molecule has 0 aliphatic heterocycles. The zero-order valence-corrected chi connectivity index (χ0v) is 13.0. The molecule has 0 aliphatic rings. The molecule has 0 fully saturated rings. The fourth-order valence-electron chi connectivity index (χ4n) is 2.02. The maximum Gasteiger partial charge on any atom is 0.165 e. The molecular formula is C15H15BrO4. The lowest BCUT2D eigenvalue weighted by Crippen LogP contribution is -1.90. The Hall–Kier alpha value is -1.88. The number of methoxy groups -OCH3 is 2. The highest BCUT2D eigenvalue weighted by atomic mass is 79.9. The molecule has 4 nitrogen and oxygen atoms in total. The Balaban J connectivity index is 2.68. The van der Waals surface area contributed by atoms with Crippen LogP contribution < -0.4 is 9.47 Å². The second kappa shape index (κ2) is 5.63. The van der Waals surface area contributed by atoms with Gasteiger partial charge in [0.25, 0.3) is 0 Å². The molecule has 5 heteroatoms. The zero-order chi connectivity index (χ0) is 14.9. The van der Waals surface area contributed by atoms with E-state index < -0.39 is 0 Å². The van der Waals surface area contributed by atoms with Gasteiger partial charge in [-0.2, -0.15) is 0 Å². The summed E-state index contributed by atoms with van der Waals surface area (Å²) in [5.41, 5.74) is 1.92. The Bertz CT molecular complexity index is 653. The number of aromatic hydroxyl groups is 2. The molecule has 2 rings (SSSR count). The highest BCUT2D eigenvalue weighted by molar-refractivity contribution is 9.10. The summed E-state index contributed by atoms with van der Waals surface area (Å²) in [7, 11) is 3.01. The molecule has 0 atom stereocenters. The molecule has 2 aromatic carbocycles. The van der Waals surface area contributed by atoms with E-state index in [1.165, 1.54) is 20.3 Å². The average Bonchev–Trinajstić information content (AvgIpc) is 2.43. The molecule has 0 aromatic heterocycles. The van der Waals surface area contributed by atoms with Crippen LogP contribution in [0.25, 0.3) is 11.1 Å². The van der Waals surface area contributed by atoms with Crippen molar-refractivity contribution in [1.29, 1.82) is 0 Å². The molecule has 0 radical (unpaired) electrons. The summed E-state index contributed by atoms with van der Waals surface area (Å²) < 4.78 is 10.9. The summed E-state index contributed by atoms with van der Waals surface area (Å²) in [5, 5.41) is 20.4. The second-order valence-corrected chi connectivity index (χ2v) is 5.22. The number of hydrogen-bond donors (Lipinski definition) is 2. The predicted octanol–water partition coefficient (Wildman–Crippen LogP) is 3.85. The van der Waals surface area contributed by atoms with E-state index in [0.29, 0.717) is 27.1 Å². The van der Waals surface area contributed by atoms with Crippen molar-refractivity contribution in [2.45, 2.75) is 6.92 Å². The van der Waals surface area contributed by atoms with E-state index >= 15 is 0 Å². The van der Waals surface area contributed by atoms with Gasteiger partial charge in [0.15, 0.2) is 11.5 Å². The number of aryl methyl sites for hydroxylation is 1. The summed E-state index contributed by atoms with van der Waals surface area (Å²) >= 11 is 3.37. The smallest absolute Gasteiger partial charge is 0.165 e. The van der Waals surface area contributed by atoms with Crippen LogP contribution in [0.1, 0.15) is 5.56 Å². The van der Waals surface area contributed by atoms with E-state index in [0.717, 1.165) is 5.56 Å². The molecule has 106 valence electrons. The first-order valence-corrected chi connectivity index (χ1v) is 6.71. The number of phenols is 2. The van der Waals surface area contributed by atoms with Crippen LogP contribution >= 0.6 is 15.9 Å². The summed E-state index contributed by atoms with van der Waals surface area (Å²) in [6.45, 7) is 1.89. The quantitative estimate of drug-likeness (QED) is 0.892. The molecule has 0 aliphatic carbocycles. The second-order valence-electron chi connectivity index (χ2n) is 4.37. The minimum atomic E-state index is -0.00883. The fraction of sp³-hybridized carbons (Fsp3) is 0.200. The van der Waals surface area contributed by atoms with Crippen LogP contribution in [0.5, 0.6) is 23.0 Å². The Kier molecular flexibility index (Phi) is 4.09. The number of ether oxygens (including phenoxy) is 2. The molecule has 2 aromatic rings. The van der Waals surface area contributed by atoms with Crippen LogP contribution in [-0.2, 0) is 0 Å². The van der Waals surface area contributed by atoms with E-state index in [9.17, 15) is 10.2 Å². The van der Waals surface area contributed by atoms with Crippen LogP contribution in [0.15, 0.2) is 28.7 Å². The van der Waals surface area contributed by atoms with E-state index in [1.54, 1.807) is 18.2 Å². The van der Waals surface area contributed by atoms with Crippen molar-refractivity contribution in [2.24, 2.45) is 0 Å². The van der Waals surface area contributed by atoms with Gasteiger partial charge in [0.05, 0.1) is 18.7 Å². The molecule has 0 bridgehead atoms. The summed E-state index contributed by atoms with van der Waals surface area (Å²) in [6.07, 6.45) is 0. The standard InChI is InChI=1S/C15H15BrO4/c1-8-4-10(15(18)14(5-8)20-3)9-6-11(16)13(19-2)7-12(9)17/h4-7,17-18H,1-3H3. The molecule has 0 saturated heterocycles. The van der Waals surface area contributed by atoms with Gasteiger partial charge in [-0.25, -0.2) is 0 Å². The third kappa shape index (κ3) is 2.54. The van der Waals surface area contributed by atoms with Crippen molar-refractivity contribution in [3.63, 3.8) is 0 Å². The third-order valence-corrected chi connectivity index (χ3v) is 3.62. The van der Waals surface area contributed by atoms with Crippen LogP contribution in [0.2, 0.25) is 0 Å². The monoisotopic (exact) mass is 338 g/mol. The fourth-order valence-corrected chi connectivity index (χ4v) is 2.53. The van der Waals surface area contributed by atoms with Crippen LogP contribution in [0.4, 0.5) is 0 Å². The Morgan fingerprint density at radius 1 is 0.900 bits per heavy atom. The third-order valence-electron chi connectivity index (χ3n) is 3.00. The van der Waals surface area contributed by atoms with Gasteiger partial charge < -0.3 is 19.7 Å². The van der Waals surface area contributed by atoms with Crippen LogP contribution in [-0.4, -0.2) is 24.4 Å². The number of hydrogen-bond acceptors (Lipinski definition) is 4. The number of rotatable bonds is 3. The lowest BCUT2D eigenvalue weighted by atomic mass is 10.0. The van der Waals surface area contributed by atoms with E-state index in [2.05, 4.69) is 15.9 Å². The lowest BCUT2D eigenvalue weighted by Gasteiger charge is -2.13. The summed E-state index contributed by atoms with van der Waals surface area (Å²) in [5.74, 6) is 0.898. The first-order chi connectivity index (χ1) is 9.47. The Labute approximate surface area is 125 Å². The van der Waals surface area contributed by atoms with Gasteiger partial charge in [-0.05, 0) is 46.6 Å². The van der Waals surface area contributed by atoms with Crippen molar-refractivity contribution < 1.29 is 19.7 Å². The molecule has 0 saturated carbocycles. The molecule has 0 unspecified atom stereocenters. The lowest BCUT2D eigenvalue weighted by molar-refractivity contribution is 0.374. The number of halogens is 1. The molecular weight excluding hydrogens is 324 g/mol. The van der Waals surface area contributed by atoms with Crippen LogP contribution in [0.3, 0.4) is 0 Å². The predicted molar refractivity (Wildman–Crippen MR) is 80.7 cm³/mol. The molecule has 0 heterocycles. The average molecular weight is 339 g/mol. The Morgan fingerprint density at radius 3 is 2.15 bits per heavy atom. The number of benzene rings is 2. The summed E-state index contributed by atoms with van der Waals surface area (Å²) in [4.78, 5) is 0. The largest absolute Gasteiger partial charge is 0.507 e. The van der Waals surface area contributed by atoms with E-state index in [4.69, 9.17) is 9.47 Å². The molecule has 0 spiro atoms. The van der Waals surface area contributed by atoms with E-state index in [-0.39, 0.29) is 11.5 Å². The van der Waals surface area contributed by atoms with Gasteiger partial charge in [0.1, 0.15) is 11.5 Å². The maximum absolute atomic E-state index is 10.2. The summed E-state index contributed by atoms with van der Waals surface area (Å²) in [6, 6.07) is 6.70. The van der Waals surface area contributed by atoms with Gasteiger partial charge in [0, 0.05) is 17.2 Å². The minimum absolute atomic E-state index is 0.00883. The first kappa shape index (κ1) is 14.5. The van der Waals surface area contributed by atoms with Crippen molar-refractivity contribution >= 4 is 15.9 Å². The van der Waals surface area contributed by atoms with Crippen molar-refractivity contribution in [3.05, 3.63) is 34.3 Å². The Morgan fingerprint density at radius 2 is 1.55 bits per heavy atom. The van der Waals surface area contributed by atoms with Gasteiger partial charge in [-0.1, -0.05) is 0 Å². The van der Waals surface area contributed by atoms with E-state index in [1.807, 2.05) is 6.92 Å². The SMILES string of the molecule is COc1cc(O)c(-c2cc(C)cc(OC)c2O)cc1Br. The highest BCUT2D eigenvalue weighted by Crippen LogP contribution is 2.44. The van der Waals surface area contributed by atoms with Gasteiger partial charge in [0.2, 0.25) is 0 Å². The van der Waals surface area contributed by atoms with Crippen LogP contribution in [0, 0.1) is 6.92 Å². The molecule has 0 amide bonds. The number of phenolic OH excluding ortho intramolecular Hbond substituents is 2. The maximum atomic E-state index is 10.2. The first-order valence-electron chi connectivity index (χ1n) is 5.92. The van der Waals surface area contributed by atoms with Crippen molar-refractivity contribution in [2.75, 3.05) is 14.2 Å². The molecule has 2 N–H and O–H groups in total. The normalized spacial score (nSPS) is 10.4. The minimum Gasteiger partial charge on any atom is -0.507 e. The zero-order valence-electron chi connectivity index (χ0n) is 11.4. The van der Waals surface area contributed by atoms with Crippen molar-refractivity contribution in [1.82, 2.24) is 0 Å². The van der Waals surface area contributed by atoms with Gasteiger partial charge >= 0.3 is 0 Å².